The van der Waals surface area contributed by atoms with Gasteiger partial charge in [0.25, 0.3) is 0 Å². The SMILES string of the molecule is CC1(C)c2cc3c(cc2-c2oc4ccc(-c5c6ccccc6c(-c6ccccc6)c6ccccc56)cc4c21)C(C)(C)c1c-3oc2ccc(-c3c4ccccc4c(-c4ccccc4)c4ccccc34)cc12. The van der Waals surface area contributed by atoms with E-state index in [-0.39, 0.29) is 10.8 Å². The number of furan rings is 2. The van der Waals surface area contributed by atoms with Crippen LogP contribution in [0.1, 0.15) is 49.9 Å². The summed E-state index contributed by atoms with van der Waals surface area (Å²) < 4.78 is 14.0. The molecule has 0 saturated heterocycles. The quantitative estimate of drug-likeness (QED) is 0.165. The van der Waals surface area contributed by atoms with Gasteiger partial charge in [0.1, 0.15) is 22.7 Å². The third kappa shape index (κ3) is 5.23. The molecule has 2 heteroatoms. The van der Waals surface area contributed by atoms with Gasteiger partial charge >= 0.3 is 0 Å². The smallest absolute Gasteiger partial charge is 0.139 e. The zero-order valence-electron chi connectivity index (χ0n) is 39.4. The predicted molar refractivity (Wildman–Crippen MR) is 293 cm³/mol. The van der Waals surface area contributed by atoms with Crippen LogP contribution in [0.3, 0.4) is 0 Å². The van der Waals surface area contributed by atoms with Gasteiger partial charge in [0, 0.05) is 43.9 Å². The Morgan fingerprint density at radius 1 is 0.271 bits per heavy atom. The molecule has 15 rings (SSSR count). The zero-order chi connectivity index (χ0) is 46.6. The molecule has 0 fully saturated rings. The van der Waals surface area contributed by atoms with E-state index in [2.05, 4.69) is 234 Å². The van der Waals surface area contributed by atoms with Crippen LogP contribution in [-0.2, 0) is 10.8 Å². The Labute approximate surface area is 406 Å². The highest BCUT2D eigenvalue weighted by atomic mass is 16.3. The van der Waals surface area contributed by atoms with Gasteiger partial charge in [-0.25, -0.2) is 0 Å². The number of fused-ring (bicyclic) bond motifs is 14. The van der Waals surface area contributed by atoms with E-state index in [1.807, 2.05) is 0 Å². The fourth-order valence-electron chi connectivity index (χ4n) is 13.1. The van der Waals surface area contributed by atoms with Gasteiger partial charge in [-0.2, -0.15) is 0 Å². The molecular weight excluding hydrogens is 849 g/mol. The Morgan fingerprint density at radius 3 is 0.871 bits per heavy atom. The lowest BCUT2D eigenvalue weighted by molar-refractivity contribution is 0.617. The van der Waals surface area contributed by atoms with E-state index in [1.165, 1.54) is 132 Å². The highest BCUT2D eigenvalue weighted by Gasteiger charge is 2.46. The first kappa shape index (κ1) is 39.5. The molecule has 11 aromatic carbocycles. The molecule has 0 saturated carbocycles. The molecule has 0 unspecified atom stereocenters. The Kier molecular flexibility index (Phi) is 7.94. The minimum atomic E-state index is -0.328. The van der Waals surface area contributed by atoms with E-state index in [1.54, 1.807) is 0 Å². The van der Waals surface area contributed by atoms with Crippen LogP contribution in [0.25, 0.3) is 132 Å². The van der Waals surface area contributed by atoms with Crippen LogP contribution >= 0.6 is 0 Å². The minimum Gasteiger partial charge on any atom is -0.456 e. The molecule has 0 radical (unpaired) electrons. The van der Waals surface area contributed by atoms with E-state index < -0.39 is 0 Å². The number of benzene rings is 11. The van der Waals surface area contributed by atoms with Crippen LogP contribution in [0.5, 0.6) is 0 Å². The van der Waals surface area contributed by atoms with Gasteiger partial charge in [-0.1, -0.05) is 198 Å². The Morgan fingerprint density at radius 2 is 0.557 bits per heavy atom. The molecule has 330 valence electrons. The number of hydrogen-bond acceptors (Lipinski definition) is 2. The first-order valence-electron chi connectivity index (χ1n) is 24.6. The summed E-state index contributed by atoms with van der Waals surface area (Å²) in [7, 11) is 0. The highest BCUT2D eigenvalue weighted by Crippen LogP contribution is 2.60. The maximum atomic E-state index is 7.02. The summed E-state index contributed by atoms with van der Waals surface area (Å²) in [6, 6.07) is 75.8. The molecule has 2 aromatic heterocycles. The van der Waals surface area contributed by atoms with Gasteiger partial charge in [-0.15, -0.1) is 0 Å². The summed E-state index contributed by atoms with van der Waals surface area (Å²) in [6.07, 6.45) is 0. The number of hydrogen-bond donors (Lipinski definition) is 0. The van der Waals surface area contributed by atoms with E-state index in [0.29, 0.717) is 0 Å². The van der Waals surface area contributed by atoms with E-state index in [0.717, 1.165) is 22.7 Å². The molecule has 2 aliphatic carbocycles. The summed E-state index contributed by atoms with van der Waals surface area (Å²) in [5.74, 6) is 1.96. The van der Waals surface area contributed by atoms with E-state index >= 15 is 0 Å². The lowest BCUT2D eigenvalue weighted by atomic mass is 9.78. The van der Waals surface area contributed by atoms with Crippen LogP contribution in [0.15, 0.2) is 215 Å². The second-order valence-corrected chi connectivity index (χ2v) is 20.6. The van der Waals surface area contributed by atoms with Crippen molar-refractivity contribution < 1.29 is 8.83 Å². The lowest BCUT2D eigenvalue weighted by Gasteiger charge is -2.24. The monoisotopic (exact) mass is 894 g/mol. The largest absolute Gasteiger partial charge is 0.456 e. The van der Waals surface area contributed by atoms with Gasteiger partial charge in [0.05, 0.1) is 0 Å². The van der Waals surface area contributed by atoms with Crippen molar-refractivity contribution in [2.24, 2.45) is 0 Å². The molecule has 0 aliphatic heterocycles. The molecular formula is C68H46O2. The van der Waals surface area contributed by atoms with Crippen molar-refractivity contribution >= 4 is 65.0 Å². The molecule has 70 heavy (non-hydrogen) atoms. The van der Waals surface area contributed by atoms with Crippen LogP contribution in [0.4, 0.5) is 0 Å². The summed E-state index contributed by atoms with van der Waals surface area (Å²) in [5, 5.41) is 12.3. The van der Waals surface area contributed by atoms with Gasteiger partial charge in [0.15, 0.2) is 0 Å². The Hall–Kier alpha value is -8.46. The molecule has 0 spiro atoms. The summed E-state index contributed by atoms with van der Waals surface area (Å²) in [5.41, 5.74) is 18.5. The van der Waals surface area contributed by atoms with Crippen molar-refractivity contribution in [1.29, 1.82) is 0 Å². The van der Waals surface area contributed by atoms with Crippen molar-refractivity contribution in [2.45, 2.75) is 38.5 Å². The Bertz CT molecular complexity index is 3990. The fourth-order valence-corrected chi connectivity index (χ4v) is 13.1. The average Bonchev–Trinajstić information content (AvgIpc) is 4.10. The van der Waals surface area contributed by atoms with Gasteiger partial charge in [0.2, 0.25) is 0 Å². The third-order valence-corrected chi connectivity index (χ3v) is 16.2. The van der Waals surface area contributed by atoms with Crippen LogP contribution in [0, 0.1) is 0 Å². The summed E-state index contributed by atoms with van der Waals surface area (Å²) >= 11 is 0. The molecule has 2 aliphatic rings. The van der Waals surface area contributed by atoms with Crippen molar-refractivity contribution in [3.8, 4) is 67.2 Å². The maximum absolute atomic E-state index is 7.02. The topological polar surface area (TPSA) is 26.3 Å². The van der Waals surface area contributed by atoms with Crippen molar-refractivity contribution in [3.63, 3.8) is 0 Å². The highest BCUT2D eigenvalue weighted by molar-refractivity contribution is 6.23. The van der Waals surface area contributed by atoms with Gasteiger partial charge < -0.3 is 8.83 Å². The number of rotatable bonds is 4. The molecule has 2 nitrogen and oxygen atoms in total. The second kappa shape index (κ2) is 14.1. The predicted octanol–water partition coefficient (Wildman–Crippen LogP) is 19.1. The van der Waals surface area contributed by atoms with Crippen molar-refractivity contribution in [2.75, 3.05) is 0 Å². The standard InChI is InChI=1S/C68H46O2/c1-67(2)55-37-52-56(38-51(55)65-63(67)53-35-41(31-33-57(53)69-65)61-47-27-15-11-23-43(47)59(39-19-7-5-8-20-39)44-24-12-16-28-48(44)61)68(3,4)64-54-36-42(32-34-58(54)70-66(52)64)62-49-29-17-13-25-45(49)60(40-21-9-6-10-22-40)46-26-14-18-30-50(46)62/h5-38H,1-4H3. The molecule has 0 bridgehead atoms. The maximum Gasteiger partial charge on any atom is 0.139 e. The lowest BCUT2D eigenvalue weighted by Crippen LogP contribution is -2.17. The average molecular weight is 895 g/mol. The normalized spacial score (nSPS) is 14.2. The second-order valence-electron chi connectivity index (χ2n) is 20.6. The van der Waals surface area contributed by atoms with Crippen molar-refractivity contribution in [1.82, 2.24) is 0 Å². The molecule has 0 atom stereocenters. The van der Waals surface area contributed by atoms with E-state index in [9.17, 15) is 0 Å². The third-order valence-electron chi connectivity index (χ3n) is 16.2. The van der Waals surface area contributed by atoms with Crippen LogP contribution in [-0.4, -0.2) is 0 Å². The zero-order valence-corrected chi connectivity index (χ0v) is 39.4. The van der Waals surface area contributed by atoms with Gasteiger partial charge in [-0.3, -0.25) is 0 Å². The van der Waals surface area contributed by atoms with E-state index in [4.69, 9.17) is 8.83 Å². The molecule has 0 N–H and O–H groups in total. The molecule has 0 amide bonds. The van der Waals surface area contributed by atoms with Crippen molar-refractivity contribution in [3.05, 3.63) is 229 Å². The minimum absolute atomic E-state index is 0.328. The van der Waals surface area contributed by atoms with Crippen LogP contribution < -0.4 is 0 Å². The molecule has 2 heterocycles. The Balaban J connectivity index is 0.880. The first-order valence-corrected chi connectivity index (χ1v) is 24.6. The first-order chi connectivity index (χ1) is 34.3. The molecule has 13 aromatic rings. The van der Waals surface area contributed by atoms with Crippen LogP contribution in [0.2, 0.25) is 0 Å². The summed E-state index contributed by atoms with van der Waals surface area (Å²) in [4.78, 5) is 0. The van der Waals surface area contributed by atoms with Gasteiger partial charge in [-0.05, 0) is 135 Å². The fraction of sp³-hybridized carbons (Fsp3) is 0.0882. The summed E-state index contributed by atoms with van der Waals surface area (Å²) in [6.45, 7) is 9.48.